The first kappa shape index (κ1) is 9.26. The number of nitrogens with zero attached hydrogens (tertiary/aromatic N) is 1. The zero-order valence-corrected chi connectivity index (χ0v) is 8.14. The summed E-state index contributed by atoms with van der Waals surface area (Å²) in [5.74, 6) is -0.407. The molecule has 0 fully saturated rings. The fourth-order valence-corrected chi connectivity index (χ4v) is 1.62. The number of thiocarbonyl (C=S) groups is 1. The van der Waals surface area contributed by atoms with E-state index >= 15 is 0 Å². The molecule has 6 heteroatoms. The van der Waals surface area contributed by atoms with E-state index in [1.54, 1.807) is 0 Å². The third-order valence-corrected chi connectivity index (χ3v) is 1.89. The summed E-state index contributed by atoms with van der Waals surface area (Å²) in [6.07, 6.45) is 2.67. The molecule has 0 aromatic carbocycles. The quantitative estimate of drug-likeness (QED) is 0.361. The number of carbonyl (C=O) groups is 1. The zero-order chi connectivity index (χ0) is 8.65. The van der Waals surface area contributed by atoms with Crippen LogP contribution in [0.25, 0.3) is 0 Å². The highest BCUT2D eigenvalue weighted by Gasteiger charge is 2.37. The minimum absolute atomic E-state index is 0.218. The molecule has 0 saturated carbocycles. The minimum atomic E-state index is -1.78. The van der Waals surface area contributed by atoms with Crippen LogP contribution in [0.4, 0.5) is 0 Å². The van der Waals surface area contributed by atoms with Gasteiger partial charge in [-0.2, -0.15) is 0 Å². The van der Waals surface area contributed by atoms with Crippen LogP contribution < -0.4 is 0 Å². The molecule has 1 amide bonds. The highest BCUT2D eigenvalue weighted by atomic mass is 35.6. The predicted octanol–water partition coefficient (Wildman–Crippen LogP) is 2.04. The van der Waals surface area contributed by atoms with Gasteiger partial charge in [0, 0.05) is 6.08 Å². The van der Waals surface area contributed by atoms with Crippen molar-refractivity contribution in [1.82, 2.24) is 4.90 Å². The molecular weight excluding hydrogens is 228 g/mol. The van der Waals surface area contributed by atoms with Gasteiger partial charge in [-0.1, -0.05) is 47.0 Å². The van der Waals surface area contributed by atoms with Crippen molar-refractivity contribution >= 4 is 57.9 Å². The van der Waals surface area contributed by atoms with Gasteiger partial charge in [0.2, 0.25) is 0 Å². The third-order valence-electron chi connectivity index (χ3n) is 1.06. The highest BCUT2D eigenvalue weighted by Crippen LogP contribution is 2.33. The van der Waals surface area contributed by atoms with Gasteiger partial charge in [-0.05, 0) is 6.08 Å². The summed E-state index contributed by atoms with van der Waals surface area (Å²) in [6.45, 7) is 0. The Kier molecular flexibility index (Phi) is 2.44. The summed E-state index contributed by atoms with van der Waals surface area (Å²) in [4.78, 5) is 12.1. The summed E-state index contributed by atoms with van der Waals surface area (Å²) in [5.41, 5.74) is 0. The monoisotopic (exact) mass is 229 g/mol. The Balaban J connectivity index is 2.91. The first-order valence-corrected chi connectivity index (χ1v) is 4.10. The van der Waals surface area contributed by atoms with E-state index in [4.69, 9.17) is 47.0 Å². The second kappa shape index (κ2) is 2.90. The van der Waals surface area contributed by atoms with Crippen molar-refractivity contribution in [2.75, 3.05) is 0 Å². The van der Waals surface area contributed by atoms with E-state index in [2.05, 4.69) is 0 Å². The van der Waals surface area contributed by atoms with Crippen molar-refractivity contribution in [2.45, 2.75) is 3.92 Å². The number of hydrogen-bond donors (Lipinski definition) is 0. The maximum Gasteiger partial charge on any atom is 0.275 e. The van der Waals surface area contributed by atoms with Gasteiger partial charge in [-0.3, -0.25) is 9.69 Å². The van der Waals surface area contributed by atoms with Crippen molar-refractivity contribution < 1.29 is 4.79 Å². The molecular formula is C5H2Cl3NOS. The molecule has 0 spiro atoms. The van der Waals surface area contributed by atoms with Gasteiger partial charge in [-0.25, -0.2) is 0 Å². The van der Waals surface area contributed by atoms with Crippen molar-refractivity contribution in [1.29, 1.82) is 0 Å². The summed E-state index contributed by atoms with van der Waals surface area (Å²) in [6, 6.07) is 0. The fourth-order valence-electron chi connectivity index (χ4n) is 0.650. The van der Waals surface area contributed by atoms with Crippen LogP contribution in [-0.2, 0) is 4.79 Å². The Morgan fingerprint density at radius 1 is 1.36 bits per heavy atom. The van der Waals surface area contributed by atoms with E-state index in [-0.39, 0.29) is 4.99 Å². The van der Waals surface area contributed by atoms with Crippen LogP contribution >= 0.6 is 47.0 Å². The first-order chi connectivity index (χ1) is 4.93. The van der Waals surface area contributed by atoms with Gasteiger partial charge >= 0.3 is 0 Å². The summed E-state index contributed by atoms with van der Waals surface area (Å²) < 4.78 is -1.78. The number of rotatable bonds is 0. The van der Waals surface area contributed by atoms with Gasteiger partial charge in [0.15, 0.2) is 0 Å². The van der Waals surface area contributed by atoms with Gasteiger partial charge in [0.25, 0.3) is 9.82 Å². The van der Waals surface area contributed by atoms with Crippen LogP contribution in [0.3, 0.4) is 0 Å². The van der Waals surface area contributed by atoms with E-state index in [1.165, 1.54) is 12.2 Å². The Morgan fingerprint density at radius 3 is 2.09 bits per heavy atom. The summed E-state index contributed by atoms with van der Waals surface area (Å²) in [5, 5.41) is 0. The summed E-state index contributed by atoms with van der Waals surface area (Å²) >= 11 is 21.0. The lowest BCUT2D eigenvalue weighted by molar-refractivity contribution is -0.122. The van der Waals surface area contributed by atoms with Crippen molar-refractivity contribution in [3.63, 3.8) is 0 Å². The lowest BCUT2D eigenvalue weighted by Crippen LogP contribution is -2.39. The molecule has 0 unspecified atom stereocenters. The molecule has 0 atom stereocenters. The second-order valence-corrected chi connectivity index (χ2v) is 4.45. The van der Waals surface area contributed by atoms with Gasteiger partial charge < -0.3 is 0 Å². The van der Waals surface area contributed by atoms with E-state index in [9.17, 15) is 4.79 Å². The molecule has 0 aliphatic carbocycles. The molecule has 0 saturated heterocycles. The largest absolute Gasteiger partial charge is 0.275 e. The molecule has 2 nitrogen and oxygen atoms in total. The van der Waals surface area contributed by atoms with Crippen LogP contribution in [0, 0.1) is 0 Å². The number of hydrogen-bond acceptors (Lipinski definition) is 2. The van der Waals surface area contributed by atoms with Crippen LogP contribution in [0.1, 0.15) is 0 Å². The van der Waals surface area contributed by atoms with Gasteiger partial charge in [0.05, 0.1) is 0 Å². The molecule has 1 aliphatic heterocycles. The normalized spacial score (nSPS) is 18.3. The average Bonchev–Trinajstić information content (AvgIpc) is 2.08. The summed E-state index contributed by atoms with van der Waals surface area (Å²) in [7, 11) is 0. The lowest BCUT2D eigenvalue weighted by Gasteiger charge is -2.23. The Labute approximate surface area is 83.7 Å². The van der Waals surface area contributed by atoms with Crippen LogP contribution in [0.5, 0.6) is 0 Å². The molecule has 60 valence electrons. The maximum absolute atomic E-state index is 10.9. The molecule has 0 radical (unpaired) electrons. The topological polar surface area (TPSA) is 20.3 Å². The molecule has 0 aromatic rings. The van der Waals surface area contributed by atoms with Gasteiger partial charge in [-0.15, -0.1) is 0 Å². The van der Waals surface area contributed by atoms with Crippen molar-refractivity contribution in [2.24, 2.45) is 0 Å². The molecule has 1 aliphatic rings. The molecule has 0 N–H and O–H groups in total. The second-order valence-electron chi connectivity index (χ2n) is 1.81. The lowest BCUT2D eigenvalue weighted by atomic mass is 10.6. The standard InChI is InChI=1S/C5H2Cl3NOS/c6-5(7,8)9-3(10)1-2-4(9)11/h1-2H. The number of amides is 1. The first-order valence-electron chi connectivity index (χ1n) is 2.56. The van der Waals surface area contributed by atoms with Crippen LogP contribution in [0.2, 0.25) is 0 Å². The maximum atomic E-state index is 10.9. The fraction of sp³-hybridized carbons (Fsp3) is 0.200. The van der Waals surface area contributed by atoms with E-state index in [1.807, 2.05) is 0 Å². The van der Waals surface area contributed by atoms with E-state index in [0.29, 0.717) is 0 Å². The molecule has 0 bridgehead atoms. The van der Waals surface area contributed by atoms with Gasteiger partial charge in [0.1, 0.15) is 4.99 Å². The Bertz CT molecular complexity index is 227. The smallest absolute Gasteiger partial charge is 0.269 e. The SMILES string of the molecule is O=C1C=CC(=S)N1C(Cl)(Cl)Cl. The number of alkyl halides is 3. The van der Waals surface area contributed by atoms with Crippen LogP contribution in [0.15, 0.2) is 12.2 Å². The molecule has 0 aromatic heterocycles. The highest BCUT2D eigenvalue weighted by molar-refractivity contribution is 7.80. The van der Waals surface area contributed by atoms with Crippen molar-refractivity contribution in [3.8, 4) is 0 Å². The minimum Gasteiger partial charge on any atom is -0.269 e. The Hall–Kier alpha value is 0.170. The molecule has 1 heterocycles. The Morgan fingerprint density at radius 2 is 1.91 bits per heavy atom. The molecule has 11 heavy (non-hydrogen) atoms. The molecule has 1 rings (SSSR count). The van der Waals surface area contributed by atoms with E-state index in [0.717, 1.165) is 4.90 Å². The average molecular weight is 231 g/mol. The predicted molar refractivity (Wildman–Crippen MR) is 48.9 cm³/mol. The third kappa shape index (κ3) is 1.85. The number of halogens is 3. The number of carbonyl (C=O) groups excluding carboxylic acids is 1. The zero-order valence-electron chi connectivity index (χ0n) is 5.05. The van der Waals surface area contributed by atoms with Crippen molar-refractivity contribution in [3.05, 3.63) is 12.2 Å². The van der Waals surface area contributed by atoms with Crippen LogP contribution in [-0.4, -0.2) is 19.7 Å². The van der Waals surface area contributed by atoms with E-state index < -0.39 is 9.82 Å².